The first-order valence-electron chi connectivity index (χ1n) is 7.39. The van der Waals surface area contributed by atoms with Crippen LogP contribution in [0.1, 0.15) is 26.2 Å². The molecular weight excluding hydrogens is 320 g/mol. The minimum Gasteiger partial charge on any atom is -0.468 e. The third-order valence-electron chi connectivity index (χ3n) is 3.72. The van der Waals surface area contributed by atoms with Gasteiger partial charge in [0.05, 0.1) is 12.0 Å². The van der Waals surface area contributed by atoms with E-state index in [0.29, 0.717) is 18.7 Å². The summed E-state index contributed by atoms with van der Waals surface area (Å²) >= 11 is 0. The van der Waals surface area contributed by atoms with Crippen molar-refractivity contribution in [2.24, 2.45) is 0 Å². The number of hydrogen-bond donors (Lipinski definition) is 1. The monoisotopic (exact) mass is 340 g/mol. The van der Waals surface area contributed by atoms with E-state index in [1.807, 2.05) is 0 Å². The van der Waals surface area contributed by atoms with E-state index in [2.05, 4.69) is 9.46 Å². The van der Waals surface area contributed by atoms with Crippen molar-refractivity contribution in [2.45, 2.75) is 37.1 Å². The van der Waals surface area contributed by atoms with Crippen molar-refractivity contribution in [3.8, 4) is 0 Å². The Hall–Kier alpha value is -1.93. The SMILES string of the molecule is CCC(NS(=O)(=O)c1ccc(N2CCCC2=O)cc1)C(=O)OC. The van der Waals surface area contributed by atoms with Crippen molar-refractivity contribution in [1.29, 1.82) is 0 Å². The van der Waals surface area contributed by atoms with E-state index in [-0.39, 0.29) is 17.2 Å². The molecule has 1 fully saturated rings. The number of amides is 1. The van der Waals surface area contributed by atoms with Crippen molar-refractivity contribution in [1.82, 2.24) is 4.72 Å². The van der Waals surface area contributed by atoms with Crippen LogP contribution in [0.4, 0.5) is 5.69 Å². The molecule has 1 aromatic rings. The fourth-order valence-electron chi connectivity index (χ4n) is 2.42. The molecular formula is C15H20N2O5S. The highest BCUT2D eigenvalue weighted by Crippen LogP contribution is 2.23. The Morgan fingerprint density at radius 3 is 2.48 bits per heavy atom. The third-order valence-corrected chi connectivity index (χ3v) is 5.21. The van der Waals surface area contributed by atoms with Gasteiger partial charge >= 0.3 is 5.97 Å². The first kappa shape index (κ1) is 17.4. The van der Waals surface area contributed by atoms with Gasteiger partial charge in [-0.1, -0.05) is 6.92 Å². The Labute approximate surface area is 135 Å². The number of nitrogens with zero attached hydrogens (tertiary/aromatic N) is 1. The molecule has 1 N–H and O–H groups in total. The molecule has 0 bridgehead atoms. The van der Waals surface area contributed by atoms with E-state index in [0.717, 1.165) is 6.42 Å². The minimum absolute atomic E-state index is 0.0373. The van der Waals surface area contributed by atoms with Crippen LogP contribution in [-0.4, -0.2) is 40.0 Å². The summed E-state index contributed by atoms with van der Waals surface area (Å²) in [6, 6.07) is 5.11. The van der Waals surface area contributed by atoms with E-state index in [1.165, 1.54) is 19.2 Å². The fraction of sp³-hybridized carbons (Fsp3) is 0.467. The zero-order chi connectivity index (χ0) is 17.0. The number of rotatable bonds is 6. The molecule has 8 heteroatoms. The molecule has 1 amide bonds. The number of hydrogen-bond acceptors (Lipinski definition) is 5. The van der Waals surface area contributed by atoms with Gasteiger partial charge in [0.15, 0.2) is 0 Å². The van der Waals surface area contributed by atoms with Crippen molar-refractivity contribution < 1.29 is 22.7 Å². The molecule has 1 heterocycles. The van der Waals surface area contributed by atoms with Gasteiger partial charge in [-0.15, -0.1) is 0 Å². The number of esters is 1. The average Bonchev–Trinajstić information content (AvgIpc) is 2.98. The molecule has 1 aromatic carbocycles. The van der Waals surface area contributed by atoms with Crippen molar-refractivity contribution in [2.75, 3.05) is 18.6 Å². The van der Waals surface area contributed by atoms with Crippen LogP contribution in [0.3, 0.4) is 0 Å². The first-order valence-corrected chi connectivity index (χ1v) is 8.88. The van der Waals surface area contributed by atoms with Crippen LogP contribution in [0.25, 0.3) is 0 Å². The number of methoxy groups -OCH3 is 1. The predicted molar refractivity (Wildman–Crippen MR) is 84.4 cm³/mol. The largest absolute Gasteiger partial charge is 0.468 e. The molecule has 0 radical (unpaired) electrons. The highest BCUT2D eigenvalue weighted by Gasteiger charge is 2.26. The van der Waals surface area contributed by atoms with E-state index < -0.39 is 22.0 Å². The van der Waals surface area contributed by atoms with Crippen LogP contribution in [0.15, 0.2) is 29.2 Å². The zero-order valence-electron chi connectivity index (χ0n) is 13.1. The molecule has 126 valence electrons. The van der Waals surface area contributed by atoms with Gasteiger partial charge < -0.3 is 9.64 Å². The second-order valence-electron chi connectivity index (χ2n) is 5.25. The maximum absolute atomic E-state index is 12.3. The van der Waals surface area contributed by atoms with Crippen molar-refractivity contribution in [3.05, 3.63) is 24.3 Å². The lowest BCUT2D eigenvalue weighted by atomic mass is 10.2. The number of nitrogens with one attached hydrogen (secondary N) is 1. The molecule has 0 aromatic heterocycles. The highest BCUT2D eigenvalue weighted by atomic mass is 32.2. The fourth-order valence-corrected chi connectivity index (χ4v) is 3.69. The van der Waals surface area contributed by atoms with Gasteiger partial charge in [-0.2, -0.15) is 4.72 Å². The number of carbonyl (C=O) groups is 2. The molecule has 23 heavy (non-hydrogen) atoms. The Balaban J connectivity index is 2.17. The molecule has 2 rings (SSSR count). The lowest BCUT2D eigenvalue weighted by molar-refractivity contribution is -0.142. The summed E-state index contributed by atoms with van der Waals surface area (Å²) in [5, 5.41) is 0. The quantitative estimate of drug-likeness (QED) is 0.781. The molecule has 0 saturated carbocycles. The maximum atomic E-state index is 12.3. The summed E-state index contributed by atoms with van der Waals surface area (Å²) in [5.74, 6) is -0.592. The molecule has 7 nitrogen and oxygen atoms in total. The topological polar surface area (TPSA) is 92.8 Å². The summed E-state index contributed by atoms with van der Waals surface area (Å²) in [4.78, 5) is 24.9. The van der Waals surface area contributed by atoms with Crippen molar-refractivity contribution >= 4 is 27.6 Å². The smallest absolute Gasteiger partial charge is 0.323 e. The van der Waals surface area contributed by atoms with Crippen LogP contribution in [-0.2, 0) is 24.3 Å². The summed E-state index contributed by atoms with van der Waals surface area (Å²) in [5.41, 5.74) is 0.673. The molecule has 0 spiro atoms. The summed E-state index contributed by atoms with van der Waals surface area (Å²) in [6.45, 7) is 2.33. The standard InChI is InChI=1S/C15H20N2O5S/c1-3-13(15(19)22-2)16-23(20,21)12-8-6-11(7-9-12)17-10-4-5-14(17)18/h6-9,13,16H,3-5,10H2,1-2H3. The van der Waals surface area contributed by atoms with E-state index >= 15 is 0 Å². The molecule has 0 aliphatic carbocycles. The number of sulfonamides is 1. The lowest BCUT2D eigenvalue weighted by Crippen LogP contribution is -2.40. The van der Waals surface area contributed by atoms with E-state index in [1.54, 1.807) is 24.0 Å². The molecule has 1 unspecified atom stereocenters. The van der Waals surface area contributed by atoms with Gasteiger partial charge in [0, 0.05) is 18.7 Å². The molecule has 1 saturated heterocycles. The molecule has 1 aliphatic rings. The Kier molecular flexibility index (Phi) is 5.38. The summed E-state index contributed by atoms with van der Waals surface area (Å²) in [6.07, 6.45) is 1.60. The number of ether oxygens (including phenoxy) is 1. The highest BCUT2D eigenvalue weighted by molar-refractivity contribution is 7.89. The van der Waals surface area contributed by atoms with Crippen molar-refractivity contribution in [3.63, 3.8) is 0 Å². The number of carbonyl (C=O) groups excluding carboxylic acids is 2. The minimum atomic E-state index is -3.83. The van der Waals surface area contributed by atoms with Crippen LogP contribution >= 0.6 is 0 Å². The first-order chi connectivity index (χ1) is 10.9. The second-order valence-corrected chi connectivity index (χ2v) is 6.96. The van der Waals surface area contributed by atoms with Crippen LogP contribution in [0.2, 0.25) is 0 Å². The number of anilines is 1. The molecule has 1 aliphatic heterocycles. The van der Waals surface area contributed by atoms with Gasteiger partial charge in [0.2, 0.25) is 15.9 Å². The predicted octanol–water partition coefficient (Wildman–Crippen LogP) is 1.04. The lowest BCUT2D eigenvalue weighted by Gasteiger charge is -2.17. The summed E-state index contributed by atoms with van der Waals surface area (Å²) < 4.78 is 31.5. The Morgan fingerprint density at radius 1 is 1.35 bits per heavy atom. The third kappa shape index (κ3) is 3.89. The Morgan fingerprint density at radius 2 is 2.00 bits per heavy atom. The van der Waals surface area contributed by atoms with Crippen LogP contribution < -0.4 is 9.62 Å². The normalized spacial score (nSPS) is 16.4. The van der Waals surface area contributed by atoms with Gasteiger partial charge in [-0.05, 0) is 37.1 Å². The number of benzene rings is 1. The maximum Gasteiger partial charge on any atom is 0.323 e. The molecule has 1 atom stereocenters. The van der Waals surface area contributed by atoms with Gasteiger partial charge in [-0.3, -0.25) is 9.59 Å². The van der Waals surface area contributed by atoms with Gasteiger partial charge in [0.1, 0.15) is 6.04 Å². The second kappa shape index (κ2) is 7.10. The average molecular weight is 340 g/mol. The van der Waals surface area contributed by atoms with E-state index in [9.17, 15) is 18.0 Å². The van der Waals surface area contributed by atoms with Crippen LogP contribution in [0.5, 0.6) is 0 Å². The Bertz CT molecular complexity index is 684. The van der Waals surface area contributed by atoms with Gasteiger partial charge in [-0.25, -0.2) is 8.42 Å². The van der Waals surface area contributed by atoms with E-state index in [4.69, 9.17) is 0 Å². The van der Waals surface area contributed by atoms with Gasteiger partial charge in [0.25, 0.3) is 0 Å². The van der Waals surface area contributed by atoms with Crippen LogP contribution in [0, 0.1) is 0 Å². The zero-order valence-corrected chi connectivity index (χ0v) is 13.9. The summed E-state index contributed by atoms with van der Waals surface area (Å²) in [7, 11) is -2.63.